The fourth-order valence-electron chi connectivity index (χ4n) is 2.92. The molecule has 0 radical (unpaired) electrons. The third-order valence-electron chi connectivity index (χ3n) is 4.80. The third-order valence-corrected chi connectivity index (χ3v) is 4.80. The maximum absolute atomic E-state index is 12.2. The van der Waals surface area contributed by atoms with Crippen molar-refractivity contribution in [1.29, 1.82) is 0 Å². The SMILES string of the molecule is CCC1C[C@H](C(=O)NCC(O)(CC)CC)[C@H](C(=O)O)C1. The summed E-state index contributed by atoms with van der Waals surface area (Å²) in [6, 6.07) is 0. The molecular weight excluding hydrogens is 258 g/mol. The lowest BCUT2D eigenvalue weighted by atomic mass is 9.93. The molecule has 5 heteroatoms. The Morgan fingerprint density at radius 2 is 1.70 bits per heavy atom. The normalized spacial score (nSPS) is 26.5. The number of carbonyl (C=O) groups excluding carboxylic acids is 1. The lowest BCUT2D eigenvalue weighted by Crippen LogP contribution is -2.45. The van der Waals surface area contributed by atoms with E-state index >= 15 is 0 Å². The maximum Gasteiger partial charge on any atom is 0.307 e. The van der Waals surface area contributed by atoms with Gasteiger partial charge in [0.05, 0.1) is 17.4 Å². The molecule has 1 aliphatic carbocycles. The number of amides is 1. The van der Waals surface area contributed by atoms with Crippen LogP contribution >= 0.6 is 0 Å². The highest BCUT2D eigenvalue weighted by Crippen LogP contribution is 2.38. The smallest absolute Gasteiger partial charge is 0.307 e. The number of nitrogens with one attached hydrogen (secondary N) is 1. The second-order valence-electron chi connectivity index (χ2n) is 5.95. The van der Waals surface area contributed by atoms with Crippen LogP contribution in [0.5, 0.6) is 0 Å². The monoisotopic (exact) mass is 285 g/mol. The van der Waals surface area contributed by atoms with Gasteiger partial charge in [-0.3, -0.25) is 9.59 Å². The molecule has 1 amide bonds. The Morgan fingerprint density at radius 3 is 2.15 bits per heavy atom. The van der Waals surface area contributed by atoms with Crippen LogP contribution in [0.4, 0.5) is 0 Å². The van der Waals surface area contributed by atoms with Crippen LogP contribution in [-0.4, -0.2) is 34.2 Å². The molecule has 0 heterocycles. The molecule has 5 nitrogen and oxygen atoms in total. The summed E-state index contributed by atoms with van der Waals surface area (Å²) in [7, 11) is 0. The lowest BCUT2D eigenvalue weighted by Gasteiger charge is -2.26. The van der Waals surface area contributed by atoms with Crippen molar-refractivity contribution in [3.63, 3.8) is 0 Å². The van der Waals surface area contributed by atoms with Crippen LogP contribution < -0.4 is 5.32 Å². The number of aliphatic hydroxyl groups is 1. The van der Waals surface area contributed by atoms with Crippen LogP contribution in [0.1, 0.15) is 52.9 Å². The highest BCUT2D eigenvalue weighted by atomic mass is 16.4. The number of carboxylic acids is 1. The van der Waals surface area contributed by atoms with Crippen molar-refractivity contribution < 1.29 is 19.8 Å². The predicted octanol–water partition coefficient (Wildman–Crippen LogP) is 1.79. The summed E-state index contributed by atoms with van der Waals surface area (Å²) in [4.78, 5) is 23.5. The zero-order valence-electron chi connectivity index (χ0n) is 12.7. The van der Waals surface area contributed by atoms with Gasteiger partial charge in [-0.2, -0.15) is 0 Å². The first-order valence-corrected chi connectivity index (χ1v) is 7.59. The average Bonchev–Trinajstić information content (AvgIpc) is 2.89. The van der Waals surface area contributed by atoms with Gasteiger partial charge < -0.3 is 15.5 Å². The van der Waals surface area contributed by atoms with Crippen molar-refractivity contribution >= 4 is 11.9 Å². The predicted molar refractivity (Wildman–Crippen MR) is 76.2 cm³/mol. The molecule has 3 atom stereocenters. The molecule has 0 bridgehead atoms. The molecular formula is C15H27NO4. The van der Waals surface area contributed by atoms with Crippen molar-refractivity contribution in [3.05, 3.63) is 0 Å². The molecule has 0 spiro atoms. The van der Waals surface area contributed by atoms with E-state index in [9.17, 15) is 19.8 Å². The minimum Gasteiger partial charge on any atom is -0.481 e. The van der Waals surface area contributed by atoms with Crippen molar-refractivity contribution in [1.82, 2.24) is 5.32 Å². The zero-order valence-corrected chi connectivity index (χ0v) is 12.7. The number of rotatable bonds is 7. The molecule has 20 heavy (non-hydrogen) atoms. The molecule has 1 fully saturated rings. The van der Waals surface area contributed by atoms with E-state index in [-0.39, 0.29) is 12.5 Å². The number of carboxylic acid groups (broad SMARTS) is 1. The van der Waals surface area contributed by atoms with Crippen molar-refractivity contribution in [3.8, 4) is 0 Å². The number of hydrogen-bond acceptors (Lipinski definition) is 3. The highest BCUT2D eigenvalue weighted by molar-refractivity contribution is 5.85. The Morgan fingerprint density at radius 1 is 1.15 bits per heavy atom. The van der Waals surface area contributed by atoms with Gasteiger partial charge in [-0.1, -0.05) is 27.2 Å². The summed E-state index contributed by atoms with van der Waals surface area (Å²) in [5.41, 5.74) is -0.892. The first kappa shape index (κ1) is 17.0. The molecule has 0 aromatic rings. The highest BCUT2D eigenvalue weighted by Gasteiger charge is 2.42. The fraction of sp³-hybridized carbons (Fsp3) is 0.867. The van der Waals surface area contributed by atoms with E-state index < -0.39 is 23.4 Å². The Kier molecular flexibility index (Phi) is 5.99. The van der Waals surface area contributed by atoms with Gasteiger partial charge >= 0.3 is 5.97 Å². The van der Waals surface area contributed by atoms with Crippen molar-refractivity contribution in [2.24, 2.45) is 17.8 Å². The largest absolute Gasteiger partial charge is 0.481 e. The number of carbonyl (C=O) groups is 2. The summed E-state index contributed by atoms with van der Waals surface area (Å²) in [5.74, 6) is -1.86. The van der Waals surface area contributed by atoms with Gasteiger partial charge in [0.25, 0.3) is 0 Å². The van der Waals surface area contributed by atoms with Gasteiger partial charge in [0.2, 0.25) is 5.91 Å². The second kappa shape index (κ2) is 7.07. The van der Waals surface area contributed by atoms with Crippen LogP contribution in [0.25, 0.3) is 0 Å². The number of aliphatic carboxylic acids is 1. The first-order valence-electron chi connectivity index (χ1n) is 7.59. The van der Waals surface area contributed by atoms with E-state index in [0.717, 1.165) is 6.42 Å². The van der Waals surface area contributed by atoms with Gasteiger partial charge in [-0.15, -0.1) is 0 Å². The van der Waals surface area contributed by atoms with Gasteiger partial charge in [0.1, 0.15) is 0 Å². The second-order valence-corrected chi connectivity index (χ2v) is 5.95. The lowest BCUT2D eigenvalue weighted by molar-refractivity contribution is -0.146. The molecule has 0 saturated heterocycles. The Balaban J connectivity index is 2.63. The van der Waals surface area contributed by atoms with Crippen LogP contribution in [0.15, 0.2) is 0 Å². The first-order chi connectivity index (χ1) is 9.36. The van der Waals surface area contributed by atoms with Gasteiger partial charge in [0.15, 0.2) is 0 Å². The van der Waals surface area contributed by atoms with E-state index in [1.165, 1.54) is 0 Å². The summed E-state index contributed by atoms with van der Waals surface area (Å²) in [6.07, 6.45) is 3.25. The molecule has 0 aromatic heterocycles. The van der Waals surface area contributed by atoms with E-state index in [1.807, 2.05) is 20.8 Å². The minimum atomic E-state index is -0.892. The van der Waals surface area contributed by atoms with Crippen LogP contribution in [0, 0.1) is 17.8 Å². The molecule has 1 rings (SSSR count). The molecule has 1 saturated carbocycles. The molecule has 116 valence electrons. The topological polar surface area (TPSA) is 86.6 Å². The van der Waals surface area contributed by atoms with E-state index in [2.05, 4.69) is 5.32 Å². The van der Waals surface area contributed by atoms with E-state index in [1.54, 1.807) is 0 Å². The van der Waals surface area contributed by atoms with Crippen LogP contribution in [0.3, 0.4) is 0 Å². The average molecular weight is 285 g/mol. The standard InChI is InChI=1S/C15H27NO4/c1-4-10-7-11(12(8-10)14(18)19)13(17)16-9-15(20,5-2)6-3/h10-12,20H,4-9H2,1-3H3,(H,16,17)(H,18,19)/t10?,11-,12+/m0/s1. The summed E-state index contributed by atoms with van der Waals surface area (Å²) in [5, 5.41) is 22.1. The molecule has 1 aliphatic rings. The van der Waals surface area contributed by atoms with Crippen molar-refractivity contribution in [2.75, 3.05) is 6.54 Å². The van der Waals surface area contributed by atoms with E-state index in [4.69, 9.17) is 0 Å². The summed E-state index contributed by atoms with van der Waals surface area (Å²) in [6.45, 7) is 5.96. The molecule has 3 N–H and O–H groups in total. The van der Waals surface area contributed by atoms with Gasteiger partial charge in [0, 0.05) is 6.54 Å². The van der Waals surface area contributed by atoms with Gasteiger partial charge in [-0.05, 0) is 31.6 Å². The van der Waals surface area contributed by atoms with E-state index in [0.29, 0.717) is 31.6 Å². The minimum absolute atomic E-state index is 0.193. The Bertz CT molecular complexity index is 352. The van der Waals surface area contributed by atoms with Crippen LogP contribution in [-0.2, 0) is 9.59 Å². The molecule has 0 aliphatic heterocycles. The zero-order chi connectivity index (χ0) is 15.3. The summed E-state index contributed by atoms with van der Waals surface area (Å²) < 4.78 is 0. The quantitative estimate of drug-likeness (QED) is 0.665. The maximum atomic E-state index is 12.2. The van der Waals surface area contributed by atoms with Crippen LogP contribution in [0.2, 0.25) is 0 Å². The number of hydrogen-bond donors (Lipinski definition) is 3. The van der Waals surface area contributed by atoms with Gasteiger partial charge in [-0.25, -0.2) is 0 Å². The fourth-order valence-corrected chi connectivity index (χ4v) is 2.92. The molecule has 1 unspecified atom stereocenters. The Labute approximate surface area is 120 Å². The Hall–Kier alpha value is -1.10. The molecule has 0 aromatic carbocycles. The third kappa shape index (κ3) is 3.95. The summed E-state index contributed by atoms with van der Waals surface area (Å²) >= 11 is 0. The van der Waals surface area contributed by atoms with Crippen molar-refractivity contribution in [2.45, 2.75) is 58.5 Å².